The van der Waals surface area contributed by atoms with Crippen molar-refractivity contribution >= 4 is 22.6 Å². The Morgan fingerprint density at radius 1 is 1.12 bits per heavy atom. The minimum atomic E-state index is -4.60. The van der Waals surface area contributed by atoms with Crippen LogP contribution in [0.2, 0.25) is 5.02 Å². The molecule has 3 fully saturated rings. The van der Waals surface area contributed by atoms with Crippen LogP contribution in [-0.4, -0.2) is 20.8 Å². The monoisotopic (exact) mass is 497 g/mol. The number of alkyl halides is 3. The molecule has 2 heterocycles. The van der Waals surface area contributed by atoms with Crippen LogP contribution in [0, 0.1) is 6.92 Å². The van der Waals surface area contributed by atoms with Gasteiger partial charge in [-0.25, -0.2) is 0 Å². The number of aryl methyl sites for hydroxylation is 2. The maximum Gasteiger partial charge on any atom is 0.420 e. The van der Waals surface area contributed by atoms with Crippen LogP contribution in [0.15, 0.2) is 21.0 Å². The Morgan fingerprint density at radius 2 is 1.79 bits per heavy atom. The smallest absolute Gasteiger partial charge is 0.420 e. The molecule has 3 aliphatic rings. The highest BCUT2D eigenvalue weighted by Crippen LogP contribution is 2.54. The van der Waals surface area contributed by atoms with E-state index in [2.05, 4.69) is 15.5 Å². The second-order valence-electron chi connectivity index (χ2n) is 9.78. The van der Waals surface area contributed by atoms with Gasteiger partial charge in [0, 0.05) is 23.3 Å². The van der Waals surface area contributed by atoms with E-state index in [4.69, 9.17) is 20.4 Å². The summed E-state index contributed by atoms with van der Waals surface area (Å²) in [6.45, 7) is 3.67. The number of hydrogen-bond acceptors (Lipinski definition) is 6. The van der Waals surface area contributed by atoms with Gasteiger partial charge < -0.3 is 13.9 Å². The molecule has 2 bridgehead atoms. The molecule has 0 saturated heterocycles. The van der Waals surface area contributed by atoms with Crippen molar-refractivity contribution in [1.29, 1.82) is 0 Å². The Kier molecular flexibility index (Phi) is 5.73. The van der Waals surface area contributed by atoms with Gasteiger partial charge in [0.1, 0.15) is 5.58 Å². The highest BCUT2D eigenvalue weighted by atomic mass is 35.5. The number of aromatic nitrogens is 2. The van der Waals surface area contributed by atoms with Crippen LogP contribution >= 0.6 is 11.6 Å². The van der Waals surface area contributed by atoms with Gasteiger partial charge in [-0.05, 0) is 62.6 Å². The fourth-order valence-electron chi connectivity index (χ4n) is 5.66. The maximum absolute atomic E-state index is 13.8. The van der Waals surface area contributed by atoms with Crippen LogP contribution in [0.25, 0.3) is 11.0 Å². The van der Waals surface area contributed by atoms with Gasteiger partial charge in [0.15, 0.2) is 12.0 Å². The highest BCUT2D eigenvalue weighted by molar-refractivity contribution is 6.36. The molecule has 0 aliphatic heterocycles. The summed E-state index contributed by atoms with van der Waals surface area (Å²) in [7, 11) is 0. The zero-order valence-electron chi connectivity index (χ0n) is 19.1. The first-order valence-corrected chi connectivity index (χ1v) is 12.0. The van der Waals surface area contributed by atoms with Gasteiger partial charge in [0.25, 0.3) is 0 Å². The standard InChI is InChI=1S/C24H27ClF3N3O3/c1-3-4-14-11-15-17(25)19(34-18(15)16(12-14)24(26,27)28)20(32)29-23-8-5-22(6-9-23,7-10-23)21-31-30-13(2)33-21/h11-12,20,29,32H,3-10H2,1-2H3. The van der Waals surface area contributed by atoms with Crippen molar-refractivity contribution in [3.63, 3.8) is 0 Å². The fraction of sp³-hybridized carbons (Fsp3) is 0.583. The van der Waals surface area contributed by atoms with Crippen molar-refractivity contribution < 1.29 is 27.1 Å². The third kappa shape index (κ3) is 3.91. The van der Waals surface area contributed by atoms with E-state index in [1.54, 1.807) is 13.0 Å². The Hall–Kier alpha value is -2.10. The number of hydrogen-bond donors (Lipinski definition) is 2. The molecule has 6 rings (SSSR count). The van der Waals surface area contributed by atoms with Crippen LogP contribution < -0.4 is 5.32 Å². The van der Waals surface area contributed by atoms with E-state index in [9.17, 15) is 18.3 Å². The molecular formula is C24H27ClF3N3O3. The van der Waals surface area contributed by atoms with E-state index in [0.29, 0.717) is 30.2 Å². The molecule has 6 nitrogen and oxygen atoms in total. The summed E-state index contributed by atoms with van der Waals surface area (Å²) >= 11 is 6.48. The fourth-order valence-corrected chi connectivity index (χ4v) is 5.94. The molecule has 184 valence electrons. The number of nitrogens with one attached hydrogen (secondary N) is 1. The first kappa shape index (κ1) is 23.6. The molecule has 0 radical (unpaired) electrons. The number of rotatable bonds is 6. The first-order chi connectivity index (χ1) is 16.1. The van der Waals surface area contributed by atoms with E-state index in [1.807, 2.05) is 6.92 Å². The van der Waals surface area contributed by atoms with Crippen molar-refractivity contribution in [3.05, 3.63) is 45.8 Å². The largest absolute Gasteiger partial charge is 0.455 e. The number of halogens is 4. The lowest BCUT2D eigenvalue weighted by atomic mass is 9.57. The van der Waals surface area contributed by atoms with Gasteiger partial charge >= 0.3 is 6.18 Å². The summed E-state index contributed by atoms with van der Waals surface area (Å²) in [5.41, 5.74) is -1.20. The van der Waals surface area contributed by atoms with Crippen molar-refractivity contribution in [3.8, 4) is 0 Å². The maximum atomic E-state index is 13.8. The molecule has 10 heteroatoms. The molecule has 34 heavy (non-hydrogen) atoms. The van der Waals surface area contributed by atoms with Crippen molar-refractivity contribution in [2.24, 2.45) is 0 Å². The summed E-state index contributed by atoms with van der Waals surface area (Å²) in [6.07, 6.45) is 0.00642. The Labute approximate surface area is 199 Å². The van der Waals surface area contributed by atoms with Crippen LogP contribution in [0.5, 0.6) is 0 Å². The van der Waals surface area contributed by atoms with E-state index in [-0.39, 0.29) is 32.7 Å². The Morgan fingerprint density at radius 3 is 2.35 bits per heavy atom. The average Bonchev–Trinajstić information content (AvgIpc) is 3.38. The van der Waals surface area contributed by atoms with Crippen molar-refractivity contribution in [1.82, 2.24) is 15.5 Å². The zero-order valence-corrected chi connectivity index (χ0v) is 19.8. The molecular weight excluding hydrogens is 471 g/mol. The summed E-state index contributed by atoms with van der Waals surface area (Å²) in [4.78, 5) is 0. The average molecular weight is 498 g/mol. The quantitative estimate of drug-likeness (QED) is 0.385. The minimum absolute atomic E-state index is 0.0113. The Bertz CT molecular complexity index is 1190. The highest BCUT2D eigenvalue weighted by Gasteiger charge is 2.52. The summed E-state index contributed by atoms with van der Waals surface area (Å²) in [5.74, 6) is 1.13. The van der Waals surface area contributed by atoms with Crippen molar-refractivity contribution in [2.45, 2.75) is 88.6 Å². The van der Waals surface area contributed by atoms with E-state index in [1.165, 1.54) is 0 Å². The predicted molar refractivity (Wildman–Crippen MR) is 119 cm³/mol. The molecule has 2 N–H and O–H groups in total. The number of aliphatic hydroxyl groups excluding tert-OH is 1. The molecule has 0 spiro atoms. The van der Waals surface area contributed by atoms with Gasteiger partial charge in [-0.1, -0.05) is 24.9 Å². The van der Waals surface area contributed by atoms with E-state index < -0.39 is 18.0 Å². The topological polar surface area (TPSA) is 84.3 Å². The number of furan rings is 1. The Balaban J connectivity index is 1.41. The van der Waals surface area contributed by atoms with Gasteiger partial charge in [-0.2, -0.15) is 13.2 Å². The van der Waals surface area contributed by atoms with Crippen LogP contribution in [-0.2, 0) is 18.0 Å². The lowest BCUT2D eigenvalue weighted by Crippen LogP contribution is -2.57. The third-order valence-electron chi connectivity index (χ3n) is 7.57. The lowest BCUT2D eigenvalue weighted by molar-refractivity contribution is -0.137. The second kappa shape index (κ2) is 8.24. The number of aliphatic hydroxyl groups is 1. The summed E-state index contributed by atoms with van der Waals surface area (Å²) in [6, 6.07) is 2.73. The molecule has 3 aliphatic carbocycles. The summed E-state index contributed by atoms with van der Waals surface area (Å²) in [5, 5.41) is 22.6. The predicted octanol–water partition coefficient (Wildman–Crippen LogP) is 6.37. The first-order valence-electron chi connectivity index (χ1n) is 11.6. The van der Waals surface area contributed by atoms with Gasteiger partial charge in [-0.3, -0.25) is 5.32 Å². The number of fused-ring (bicyclic) bond motifs is 4. The number of nitrogens with zero attached hydrogens (tertiary/aromatic N) is 2. The molecule has 1 aromatic carbocycles. The normalized spacial score (nSPS) is 25.9. The summed E-state index contributed by atoms with van der Waals surface area (Å²) < 4.78 is 52.6. The molecule has 3 saturated carbocycles. The van der Waals surface area contributed by atoms with E-state index in [0.717, 1.165) is 44.6 Å². The molecule has 1 unspecified atom stereocenters. The van der Waals surface area contributed by atoms with Crippen molar-refractivity contribution in [2.75, 3.05) is 0 Å². The molecule has 2 aromatic heterocycles. The van der Waals surface area contributed by atoms with Crippen LogP contribution in [0.1, 0.15) is 86.8 Å². The SMILES string of the molecule is CCCc1cc(C(F)(F)F)c2oc(C(O)NC34CCC(c5nnc(C)o5)(CC3)CC4)c(Cl)c2c1. The van der Waals surface area contributed by atoms with Gasteiger partial charge in [-0.15, -0.1) is 10.2 Å². The molecule has 0 amide bonds. The number of benzene rings is 1. The third-order valence-corrected chi connectivity index (χ3v) is 7.96. The molecule has 3 aromatic rings. The van der Waals surface area contributed by atoms with Crippen LogP contribution in [0.3, 0.4) is 0 Å². The van der Waals surface area contributed by atoms with Gasteiger partial charge in [0.2, 0.25) is 11.8 Å². The molecule has 1 atom stereocenters. The second-order valence-corrected chi connectivity index (χ2v) is 10.2. The lowest BCUT2D eigenvalue weighted by Gasteiger charge is -2.52. The van der Waals surface area contributed by atoms with Gasteiger partial charge in [0.05, 0.1) is 10.6 Å². The zero-order chi connectivity index (χ0) is 24.3. The minimum Gasteiger partial charge on any atom is -0.455 e. The van der Waals surface area contributed by atoms with Crippen LogP contribution in [0.4, 0.5) is 13.2 Å². The van der Waals surface area contributed by atoms with E-state index >= 15 is 0 Å².